The molecule has 0 atom stereocenters. The van der Waals surface area contributed by atoms with E-state index in [1.807, 2.05) is 0 Å². The molecule has 0 aliphatic heterocycles. The molecule has 1 aliphatic rings. The number of carbonyl (C=O) groups is 1. The molecule has 1 fully saturated rings. The number of aromatic nitrogens is 2. The molecule has 14 heavy (non-hydrogen) atoms. The first kappa shape index (κ1) is 9.40. The van der Waals surface area contributed by atoms with E-state index in [4.69, 9.17) is 11.6 Å². The lowest BCUT2D eigenvalue weighted by atomic mass is 10.3. The normalized spacial score (nSPS) is 15.3. The maximum absolute atomic E-state index is 11.1. The van der Waals surface area contributed by atoms with Crippen LogP contribution in [0.3, 0.4) is 0 Å². The van der Waals surface area contributed by atoms with Crippen molar-refractivity contribution in [2.45, 2.75) is 18.8 Å². The van der Waals surface area contributed by atoms with Crippen LogP contribution in [-0.4, -0.2) is 23.0 Å². The van der Waals surface area contributed by atoms with Gasteiger partial charge in [0.05, 0.1) is 12.8 Å². The molecule has 0 amide bonds. The zero-order valence-electron chi connectivity index (χ0n) is 7.66. The molecule has 0 aromatic carbocycles. The van der Waals surface area contributed by atoms with E-state index in [1.165, 1.54) is 7.11 Å². The molecule has 1 aromatic heterocycles. The summed E-state index contributed by atoms with van der Waals surface area (Å²) in [6.07, 6.45) is 3.85. The van der Waals surface area contributed by atoms with E-state index in [2.05, 4.69) is 14.7 Å². The molecule has 2 rings (SSSR count). The molecule has 1 aliphatic carbocycles. The number of carbonyl (C=O) groups excluding carboxylic acids is 1. The Bertz CT molecular complexity index is 377. The van der Waals surface area contributed by atoms with Gasteiger partial charge in [0.1, 0.15) is 0 Å². The Hall–Kier alpha value is -1.16. The third-order valence-corrected chi connectivity index (χ3v) is 2.39. The van der Waals surface area contributed by atoms with Gasteiger partial charge >= 0.3 is 5.97 Å². The first-order valence-electron chi connectivity index (χ1n) is 4.33. The van der Waals surface area contributed by atoms with Gasteiger partial charge in [0.25, 0.3) is 0 Å². The van der Waals surface area contributed by atoms with Crippen molar-refractivity contribution in [2.24, 2.45) is 0 Å². The van der Waals surface area contributed by atoms with Crippen molar-refractivity contribution in [1.29, 1.82) is 0 Å². The molecule has 0 unspecified atom stereocenters. The highest BCUT2D eigenvalue weighted by atomic mass is 35.5. The van der Waals surface area contributed by atoms with Crippen molar-refractivity contribution in [3.05, 3.63) is 22.7 Å². The summed E-state index contributed by atoms with van der Waals surface area (Å²) in [5.41, 5.74) is 0.946. The van der Waals surface area contributed by atoms with Gasteiger partial charge in [-0.05, 0) is 12.8 Å². The van der Waals surface area contributed by atoms with Crippen LogP contribution in [0.2, 0.25) is 5.15 Å². The zero-order valence-corrected chi connectivity index (χ0v) is 8.41. The Morgan fingerprint density at radius 3 is 2.86 bits per heavy atom. The summed E-state index contributed by atoms with van der Waals surface area (Å²) in [4.78, 5) is 19.2. The number of hydrogen-bond acceptors (Lipinski definition) is 4. The first-order valence-corrected chi connectivity index (χ1v) is 4.71. The van der Waals surface area contributed by atoms with Crippen molar-refractivity contribution < 1.29 is 9.53 Å². The molecule has 1 saturated carbocycles. The third kappa shape index (κ3) is 1.70. The number of hydrogen-bond donors (Lipinski definition) is 0. The van der Waals surface area contributed by atoms with Gasteiger partial charge in [-0.2, -0.15) is 0 Å². The summed E-state index contributed by atoms with van der Waals surface area (Å²) in [6.45, 7) is 0. The van der Waals surface area contributed by atoms with E-state index in [0.29, 0.717) is 5.92 Å². The Morgan fingerprint density at radius 2 is 2.36 bits per heavy atom. The molecular formula is C9H9ClN2O2. The van der Waals surface area contributed by atoms with E-state index in [9.17, 15) is 4.79 Å². The quantitative estimate of drug-likeness (QED) is 0.702. The summed E-state index contributed by atoms with van der Waals surface area (Å²) in [6, 6.07) is 0. The van der Waals surface area contributed by atoms with Crippen molar-refractivity contribution in [1.82, 2.24) is 9.97 Å². The largest absolute Gasteiger partial charge is 0.464 e. The van der Waals surface area contributed by atoms with Crippen LogP contribution in [0.4, 0.5) is 0 Å². The monoisotopic (exact) mass is 212 g/mol. The number of halogens is 1. The Kier molecular flexibility index (Phi) is 2.37. The molecule has 0 spiro atoms. The predicted octanol–water partition coefficient (Wildman–Crippen LogP) is 1.79. The first-order chi connectivity index (χ1) is 6.72. The van der Waals surface area contributed by atoms with Crippen molar-refractivity contribution in [2.75, 3.05) is 7.11 Å². The fraction of sp³-hybridized carbons (Fsp3) is 0.444. The molecule has 0 radical (unpaired) electrons. The number of ether oxygens (including phenoxy) is 1. The van der Waals surface area contributed by atoms with E-state index in [0.717, 1.165) is 18.5 Å². The third-order valence-electron chi connectivity index (χ3n) is 2.12. The Morgan fingerprint density at radius 1 is 1.64 bits per heavy atom. The van der Waals surface area contributed by atoms with Crippen LogP contribution in [-0.2, 0) is 4.74 Å². The molecule has 1 aromatic rings. The van der Waals surface area contributed by atoms with Gasteiger partial charge in [-0.25, -0.2) is 14.8 Å². The smallest absolute Gasteiger partial charge is 0.359 e. The lowest BCUT2D eigenvalue weighted by Gasteiger charge is -2.02. The number of nitrogens with zero attached hydrogens (tertiary/aromatic N) is 2. The second-order valence-corrected chi connectivity index (χ2v) is 3.56. The van der Waals surface area contributed by atoms with Crippen molar-refractivity contribution in [3.8, 4) is 0 Å². The van der Waals surface area contributed by atoms with Gasteiger partial charge in [-0.3, -0.25) is 0 Å². The lowest BCUT2D eigenvalue weighted by Crippen LogP contribution is -2.07. The number of esters is 1. The molecule has 0 bridgehead atoms. The standard InChI is InChI=1S/C9H9ClN2O2/c1-14-9(13)7-8(10)12-6(4-11-7)5-2-3-5/h4-5H,2-3H2,1H3. The minimum absolute atomic E-state index is 0.0820. The fourth-order valence-corrected chi connectivity index (χ4v) is 1.41. The van der Waals surface area contributed by atoms with Crippen LogP contribution < -0.4 is 0 Å². The summed E-state index contributed by atoms with van der Waals surface area (Å²) in [5, 5.41) is 0.126. The fourth-order valence-electron chi connectivity index (χ4n) is 1.19. The van der Waals surface area contributed by atoms with Crippen molar-refractivity contribution in [3.63, 3.8) is 0 Å². The van der Waals surface area contributed by atoms with Crippen LogP contribution in [0, 0.1) is 0 Å². The summed E-state index contributed by atoms with van der Waals surface area (Å²) in [5.74, 6) is -0.0726. The highest BCUT2D eigenvalue weighted by molar-refractivity contribution is 6.32. The SMILES string of the molecule is COC(=O)c1ncc(C2CC2)nc1Cl. The van der Waals surface area contributed by atoms with Crippen LogP contribution >= 0.6 is 11.6 Å². The molecule has 0 saturated heterocycles. The highest BCUT2D eigenvalue weighted by Gasteiger charge is 2.26. The molecular weight excluding hydrogens is 204 g/mol. The van der Waals surface area contributed by atoms with E-state index < -0.39 is 5.97 Å². The minimum atomic E-state index is -0.551. The Balaban J connectivity index is 2.30. The average Bonchev–Trinajstić information content (AvgIpc) is 3.00. The van der Waals surface area contributed by atoms with Crippen molar-refractivity contribution >= 4 is 17.6 Å². The summed E-state index contributed by atoms with van der Waals surface area (Å²) < 4.78 is 4.51. The van der Waals surface area contributed by atoms with Gasteiger partial charge in [0, 0.05) is 12.1 Å². The zero-order chi connectivity index (χ0) is 10.1. The predicted molar refractivity (Wildman–Crippen MR) is 50.4 cm³/mol. The summed E-state index contributed by atoms with van der Waals surface area (Å²) in [7, 11) is 1.29. The van der Waals surface area contributed by atoms with Gasteiger partial charge < -0.3 is 4.74 Å². The maximum Gasteiger partial charge on any atom is 0.359 e. The Labute approximate surface area is 86.3 Å². The van der Waals surface area contributed by atoms with Crippen LogP contribution in [0.25, 0.3) is 0 Å². The van der Waals surface area contributed by atoms with E-state index in [1.54, 1.807) is 6.20 Å². The van der Waals surface area contributed by atoms with Gasteiger partial charge in [0.15, 0.2) is 10.8 Å². The molecule has 1 heterocycles. The van der Waals surface area contributed by atoms with Gasteiger partial charge in [-0.15, -0.1) is 0 Å². The van der Waals surface area contributed by atoms with Crippen LogP contribution in [0.1, 0.15) is 34.9 Å². The maximum atomic E-state index is 11.1. The van der Waals surface area contributed by atoms with Crippen LogP contribution in [0.15, 0.2) is 6.20 Å². The van der Waals surface area contributed by atoms with Gasteiger partial charge in [-0.1, -0.05) is 11.6 Å². The average molecular weight is 213 g/mol. The lowest BCUT2D eigenvalue weighted by molar-refractivity contribution is 0.0593. The highest BCUT2D eigenvalue weighted by Crippen LogP contribution is 2.39. The van der Waals surface area contributed by atoms with E-state index in [-0.39, 0.29) is 10.8 Å². The second-order valence-electron chi connectivity index (χ2n) is 3.20. The number of rotatable bonds is 2. The van der Waals surface area contributed by atoms with E-state index >= 15 is 0 Å². The minimum Gasteiger partial charge on any atom is -0.464 e. The summed E-state index contributed by atoms with van der Waals surface area (Å²) >= 11 is 5.80. The molecule has 5 heteroatoms. The topological polar surface area (TPSA) is 52.1 Å². The van der Waals surface area contributed by atoms with Crippen LogP contribution in [0.5, 0.6) is 0 Å². The number of methoxy groups -OCH3 is 1. The van der Waals surface area contributed by atoms with Gasteiger partial charge in [0.2, 0.25) is 0 Å². The molecule has 0 N–H and O–H groups in total. The second kappa shape index (κ2) is 3.53. The molecule has 74 valence electrons. The molecule has 4 nitrogen and oxygen atoms in total.